The topological polar surface area (TPSA) is 53.6 Å². The number of fused-ring (bicyclic) bond motifs is 2. The second-order valence-electron chi connectivity index (χ2n) is 8.12. The van der Waals surface area contributed by atoms with Crippen LogP contribution >= 0.6 is 0 Å². The first-order valence-electron chi connectivity index (χ1n) is 9.35. The molecule has 2 aliphatic carbocycles. The van der Waals surface area contributed by atoms with Crippen LogP contribution < -0.4 is 10.6 Å². The van der Waals surface area contributed by atoms with Gasteiger partial charge in [-0.2, -0.15) is 13.2 Å². The normalized spacial score (nSPS) is 37.1. The van der Waals surface area contributed by atoms with E-state index in [1.165, 1.54) is 17.7 Å². The molecule has 2 N–H and O–H groups in total. The van der Waals surface area contributed by atoms with Crippen molar-refractivity contribution in [3.63, 3.8) is 0 Å². The summed E-state index contributed by atoms with van der Waals surface area (Å²) in [6.07, 6.45) is 2.21. The molecule has 4 fully saturated rings. The Bertz CT molecular complexity index is 522. The molecule has 25 heavy (non-hydrogen) atoms. The summed E-state index contributed by atoms with van der Waals surface area (Å²) in [6, 6.07) is -0.298. The molecule has 142 valence electrons. The van der Waals surface area contributed by atoms with Crippen LogP contribution in [-0.4, -0.2) is 61.5 Å². The van der Waals surface area contributed by atoms with Gasteiger partial charge in [-0.25, -0.2) is 4.79 Å². The highest BCUT2D eigenvalue weighted by Crippen LogP contribution is 2.60. The van der Waals surface area contributed by atoms with E-state index in [1.54, 1.807) is 0 Å². The summed E-state index contributed by atoms with van der Waals surface area (Å²) in [4.78, 5) is 13.8. The van der Waals surface area contributed by atoms with Crippen molar-refractivity contribution in [2.24, 2.45) is 11.3 Å². The largest absolute Gasteiger partial charge is 0.401 e. The minimum Gasteiger partial charge on any atom is -0.377 e. The van der Waals surface area contributed by atoms with Crippen LogP contribution in [0.5, 0.6) is 0 Å². The molecule has 0 aromatic rings. The van der Waals surface area contributed by atoms with Crippen LogP contribution in [0.4, 0.5) is 18.0 Å². The summed E-state index contributed by atoms with van der Waals surface area (Å²) in [7, 11) is 0. The molecule has 5 nitrogen and oxygen atoms in total. The molecule has 2 amide bonds. The van der Waals surface area contributed by atoms with Gasteiger partial charge in [0, 0.05) is 43.1 Å². The molecule has 4 atom stereocenters. The Morgan fingerprint density at radius 1 is 1.20 bits per heavy atom. The summed E-state index contributed by atoms with van der Waals surface area (Å²) >= 11 is 0. The van der Waals surface area contributed by atoms with Crippen LogP contribution in [0.25, 0.3) is 0 Å². The summed E-state index contributed by atoms with van der Waals surface area (Å²) in [5.41, 5.74) is 0.0938. The predicted molar refractivity (Wildman–Crippen MR) is 85.1 cm³/mol. The van der Waals surface area contributed by atoms with Crippen molar-refractivity contribution in [2.75, 3.05) is 26.2 Å². The molecular weight excluding hydrogens is 335 g/mol. The van der Waals surface area contributed by atoms with E-state index >= 15 is 0 Å². The molecule has 4 aliphatic rings. The molecule has 4 rings (SSSR count). The number of hydrogen-bond donors (Lipinski definition) is 2. The van der Waals surface area contributed by atoms with Crippen LogP contribution in [0.15, 0.2) is 0 Å². The van der Waals surface area contributed by atoms with E-state index < -0.39 is 12.7 Å². The number of alkyl halides is 3. The highest BCUT2D eigenvalue weighted by Gasteiger charge is 2.65. The zero-order chi connectivity index (χ0) is 17.7. The van der Waals surface area contributed by atoms with Crippen LogP contribution in [0.3, 0.4) is 0 Å². The number of carbonyl (C=O) groups excluding carboxylic acids is 1. The monoisotopic (exact) mass is 361 g/mol. The third-order valence-corrected chi connectivity index (χ3v) is 6.58. The van der Waals surface area contributed by atoms with Gasteiger partial charge < -0.3 is 15.4 Å². The van der Waals surface area contributed by atoms with Gasteiger partial charge in [-0.15, -0.1) is 0 Å². The number of nitrogens with one attached hydrogen (secondary N) is 2. The smallest absolute Gasteiger partial charge is 0.377 e. The number of urea groups is 1. The lowest BCUT2D eigenvalue weighted by atomic mass is 9.54. The van der Waals surface area contributed by atoms with Gasteiger partial charge in [0.15, 0.2) is 0 Å². The molecule has 0 bridgehead atoms. The lowest BCUT2D eigenvalue weighted by Crippen LogP contribution is -2.69. The molecule has 0 aromatic carbocycles. The van der Waals surface area contributed by atoms with Crippen molar-refractivity contribution in [3.05, 3.63) is 0 Å². The summed E-state index contributed by atoms with van der Waals surface area (Å²) in [6.45, 7) is 0.500. The summed E-state index contributed by atoms with van der Waals surface area (Å²) < 4.78 is 43.3. The number of rotatable bonds is 3. The Morgan fingerprint density at radius 3 is 2.68 bits per heavy atom. The average Bonchev–Trinajstić information content (AvgIpc) is 3.23. The van der Waals surface area contributed by atoms with Gasteiger partial charge in [-0.1, -0.05) is 12.8 Å². The Kier molecular flexibility index (Phi) is 4.38. The number of nitrogens with zero attached hydrogens (tertiary/aromatic N) is 1. The van der Waals surface area contributed by atoms with E-state index in [4.69, 9.17) is 4.74 Å². The predicted octanol–water partition coefficient (Wildman–Crippen LogP) is 2.27. The standard InChI is InChI=1S/C17H26F3N3O2/c18-17(19,20)10-23-7-3-11(9-23)21-15(24)22-13-12-4-8-25-14(12)16(13)5-1-2-6-16/h11-14H,1-10H2,(H2,21,22,24)/t11-,12+,13-,14-/m1/s1. The molecule has 8 heteroatoms. The van der Waals surface area contributed by atoms with Crippen LogP contribution in [0.1, 0.15) is 38.5 Å². The Balaban J connectivity index is 1.29. The third-order valence-electron chi connectivity index (χ3n) is 6.58. The van der Waals surface area contributed by atoms with Crippen molar-refractivity contribution < 1.29 is 22.7 Å². The first kappa shape index (κ1) is 17.4. The van der Waals surface area contributed by atoms with E-state index in [1.807, 2.05) is 0 Å². The van der Waals surface area contributed by atoms with Crippen molar-refractivity contribution in [1.82, 2.24) is 15.5 Å². The number of carbonyl (C=O) groups is 1. The fourth-order valence-electron chi connectivity index (χ4n) is 5.62. The maximum Gasteiger partial charge on any atom is 0.401 e. The second kappa shape index (κ2) is 6.30. The van der Waals surface area contributed by atoms with Gasteiger partial charge in [0.25, 0.3) is 0 Å². The first-order valence-corrected chi connectivity index (χ1v) is 9.35. The third kappa shape index (κ3) is 3.23. The Labute approximate surface area is 145 Å². The van der Waals surface area contributed by atoms with Crippen LogP contribution in [0, 0.1) is 11.3 Å². The van der Waals surface area contributed by atoms with Gasteiger partial charge in [0.2, 0.25) is 0 Å². The fraction of sp³-hybridized carbons (Fsp3) is 0.941. The maximum absolute atomic E-state index is 12.5. The van der Waals surface area contributed by atoms with Crippen molar-refractivity contribution >= 4 is 6.03 Å². The SMILES string of the molecule is O=C(N[C@@H]1CCN(CC(F)(F)F)C1)N[C@@H]1[C@@H]2CCO[C@H]2C12CCCC2. The minimum absolute atomic E-state index is 0.0938. The zero-order valence-electron chi connectivity index (χ0n) is 14.3. The van der Waals surface area contributed by atoms with Gasteiger partial charge in [0.1, 0.15) is 0 Å². The highest BCUT2D eigenvalue weighted by atomic mass is 19.4. The van der Waals surface area contributed by atoms with Gasteiger partial charge in [-0.3, -0.25) is 4.90 Å². The summed E-state index contributed by atoms with van der Waals surface area (Å²) in [5, 5.41) is 6.02. The molecule has 2 saturated carbocycles. The second-order valence-corrected chi connectivity index (χ2v) is 8.12. The lowest BCUT2D eigenvalue weighted by molar-refractivity contribution is -0.143. The molecule has 0 unspecified atom stereocenters. The number of halogens is 3. The van der Waals surface area contributed by atoms with E-state index in [0.29, 0.717) is 18.9 Å². The van der Waals surface area contributed by atoms with E-state index in [2.05, 4.69) is 10.6 Å². The molecule has 1 spiro atoms. The average molecular weight is 361 g/mol. The zero-order valence-corrected chi connectivity index (χ0v) is 14.3. The first-order chi connectivity index (χ1) is 11.9. The van der Waals surface area contributed by atoms with Gasteiger partial charge in [0.05, 0.1) is 12.6 Å². The molecular formula is C17H26F3N3O2. The fourth-order valence-corrected chi connectivity index (χ4v) is 5.62. The molecule has 0 aromatic heterocycles. The number of amides is 2. The van der Waals surface area contributed by atoms with Gasteiger partial charge >= 0.3 is 12.2 Å². The molecule has 2 heterocycles. The molecule has 2 aliphatic heterocycles. The Morgan fingerprint density at radius 2 is 1.96 bits per heavy atom. The number of hydrogen-bond acceptors (Lipinski definition) is 3. The maximum atomic E-state index is 12.5. The summed E-state index contributed by atoms with van der Waals surface area (Å²) in [5.74, 6) is 0.397. The van der Waals surface area contributed by atoms with Crippen molar-refractivity contribution in [1.29, 1.82) is 0 Å². The van der Waals surface area contributed by atoms with Crippen molar-refractivity contribution in [2.45, 2.75) is 62.9 Å². The van der Waals surface area contributed by atoms with Gasteiger partial charge in [-0.05, 0) is 25.7 Å². The van der Waals surface area contributed by atoms with Crippen molar-refractivity contribution in [3.8, 4) is 0 Å². The lowest BCUT2D eigenvalue weighted by Gasteiger charge is -2.56. The Hall–Kier alpha value is -1.02. The number of likely N-dealkylation sites (tertiary alicyclic amines) is 1. The quantitative estimate of drug-likeness (QED) is 0.811. The minimum atomic E-state index is -4.19. The molecule has 2 saturated heterocycles. The highest BCUT2D eigenvalue weighted by molar-refractivity contribution is 5.75. The van der Waals surface area contributed by atoms with E-state index in [0.717, 1.165) is 25.9 Å². The van der Waals surface area contributed by atoms with Crippen LogP contribution in [0.2, 0.25) is 0 Å². The van der Waals surface area contributed by atoms with Crippen LogP contribution in [-0.2, 0) is 4.74 Å². The van der Waals surface area contributed by atoms with E-state index in [-0.39, 0.29) is 36.2 Å². The molecule has 0 radical (unpaired) electrons. The van der Waals surface area contributed by atoms with E-state index in [9.17, 15) is 18.0 Å². The number of ether oxygens (including phenoxy) is 1.